The number of hydrogen-bond donors (Lipinski definition) is 2. The Hall–Kier alpha value is -2.62. The van der Waals surface area contributed by atoms with Gasteiger partial charge in [-0.2, -0.15) is 0 Å². The van der Waals surface area contributed by atoms with Gasteiger partial charge in [-0.1, -0.05) is 63.3 Å². The van der Waals surface area contributed by atoms with E-state index in [2.05, 4.69) is 32.7 Å². The van der Waals surface area contributed by atoms with Gasteiger partial charge in [-0.3, -0.25) is 9.59 Å². The topological polar surface area (TPSA) is 66.4 Å². The maximum absolute atomic E-state index is 12.9. The Morgan fingerprint density at radius 3 is 2.61 bits per heavy atom. The van der Waals surface area contributed by atoms with E-state index in [1.165, 1.54) is 17.2 Å². The molecule has 1 aromatic rings. The van der Waals surface area contributed by atoms with Gasteiger partial charge in [0.15, 0.2) is 0 Å². The molecule has 33 heavy (non-hydrogen) atoms. The van der Waals surface area contributed by atoms with Crippen molar-refractivity contribution in [3.8, 4) is 0 Å². The van der Waals surface area contributed by atoms with Crippen LogP contribution in [0.2, 0.25) is 0 Å². The minimum atomic E-state index is -0.559. The van der Waals surface area contributed by atoms with Crippen molar-refractivity contribution >= 4 is 11.6 Å². The van der Waals surface area contributed by atoms with Gasteiger partial charge in [0.25, 0.3) is 0 Å². The molecule has 3 aliphatic carbocycles. The molecule has 2 saturated carbocycles. The highest BCUT2D eigenvalue weighted by Gasteiger charge is 2.54. The molecule has 176 valence electrons. The van der Waals surface area contributed by atoms with Crippen molar-refractivity contribution in [2.24, 2.45) is 22.7 Å². The van der Waals surface area contributed by atoms with E-state index in [-0.39, 0.29) is 22.2 Å². The van der Waals surface area contributed by atoms with Crippen molar-refractivity contribution in [2.45, 2.75) is 65.7 Å². The molecule has 0 radical (unpaired) electrons. The van der Waals surface area contributed by atoms with Crippen LogP contribution in [0.3, 0.4) is 0 Å². The highest BCUT2D eigenvalue weighted by Crippen LogP contribution is 2.63. The predicted molar refractivity (Wildman–Crippen MR) is 132 cm³/mol. The van der Waals surface area contributed by atoms with Gasteiger partial charge in [0, 0.05) is 18.2 Å². The van der Waals surface area contributed by atoms with E-state index in [0.717, 1.165) is 38.5 Å². The molecule has 4 unspecified atom stereocenters. The number of ketones is 2. The van der Waals surface area contributed by atoms with Crippen molar-refractivity contribution in [1.82, 2.24) is 5.32 Å². The van der Waals surface area contributed by atoms with Crippen molar-refractivity contribution in [3.63, 3.8) is 0 Å². The lowest BCUT2D eigenvalue weighted by molar-refractivity contribution is -0.132. The summed E-state index contributed by atoms with van der Waals surface area (Å²) in [5, 5.41) is 14.3. The van der Waals surface area contributed by atoms with Crippen molar-refractivity contribution in [3.05, 3.63) is 71.2 Å². The smallest absolute Gasteiger partial charge is 0.232 e. The third-order valence-electron chi connectivity index (χ3n) is 9.01. The molecule has 0 aliphatic heterocycles. The van der Waals surface area contributed by atoms with Crippen molar-refractivity contribution in [1.29, 1.82) is 0 Å². The number of fused-ring (bicyclic) bond motifs is 1. The van der Waals surface area contributed by atoms with Crippen LogP contribution in [0.5, 0.6) is 0 Å². The average molecular weight is 448 g/mol. The summed E-state index contributed by atoms with van der Waals surface area (Å²) in [4.78, 5) is 25.5. The Balaban J connectivity index is 1.58. The maximum atomic E-state index is 12.9. The number of carbonyl (C=O) groups excluding carboxylic acids is 2. The van der Waals surface area contributed by atoms with Gasteiger partial charge >= 0.3 is 0 Å². The molecule has 3 aliphatic rings. The van der Waals surface area contributed by atoms with E-state index in [9.17, 15) is 14.7 Å². The first-order valence-electron chi connectivity index (χ1n) is 12.4. The Labute approximate surface area is 197 Å². The lowest BCUT2D eigenvalue weighted by atomic mass is 9.46. The second kappa shape index (κ2) is 8.96. The number of benzene rings is 1. The molecular weight excluding hydrogens is 410 g/mol. The van der Waals surface area contributed by atoms with Gasteiger partial charge in [0.1, 0.15) is 5.76 Å². The molecule has 0 saturated heterocycles. The molecule has 2 fully saturated rings. The summed E-state index contributed by atoms with van der Waals surface area (Å²) in [5.74, 6) is -0.379. The van der Waals surface area contributed by atoms with Gasteiger partial charge in [0.05, 0.1) is 5.70 Å². The maximum Gasteiger partial charge on any atom is 0.232 e. The minimum absolute atomic E-state index is 0.0528. The Morgan fingerprint density at radius 2 is 1.88 bits per heavy atom. The number of aliphatic hydroxyl groups excluding tert-OH is 1. The molecule has 0 aromatic heterocycles. The molecule has 4 atom stereocenters. The molecule has 4 rings (SSSR count). The first-order chi connectivity index (χ1) is 15.7. The van der Waals surface area contributed by atoms with E-state index in [4.69, 9.17) is 0 Å². The zero-order valence-corrected chi connectivity index (χ0v) is 20.2. The minimum Gasteiger partial charge on any atom is -0.505 e. The molecule has 0 amide bonds. The van der Waals surface area contributed by atoms with Crippen LogP contribution in [0.25, 0.3) is 0 Å². The Morgan fingerprint density at radius 1 is 1.15 bits per heavy atom. The van der Waals surface area contributed by atoms with Gasteiger partial charge in [0.2, 0.25) is 11.6 Å². The summed E-state index contributed by atoms with van der Waals surface area (Å²) in [7, 11) is 0. The third kappa shape index (κ3) is 4.20. The van der Waals surface area contributed by atoms with Gasteiger partial charge in [-0.05, 0) is 73.2 Å². The molecule has 2 N–H and O–H groups in total. The number of rotatable bonds is 6. The summed E-state index contributed by atoms with van der Waals surface area (Å²) >= 11 is 0. The second-order valence-electron chi connectivity index (χ2n) is 10.8. The highest BCUT2D eigenvalue weighted by atomic mass is 16.3. The van der Waals surface area contributed by atoms with E-state index < -0.39 is 11.6 Å². The zero-order chi connectivity index (χ0) is 23.8. The SMILES string of the molecule is C=C1CCCC2C1(C)CCC(C)C2(C)CC1=C(O)C(NCCc2ccccc2)=CC(=O)C1=O. The number of carbonyl (C=O) groups is 2. The fraction of sp³-hybridized carbons (Fsp3) is 0.517. The van der Waals surface area contributed by atoms with Crippen LogP contribution in [0.15, 0.2) is 65.6 Å². The summed E-state index contributed by atoms with van der Waals surface area (Å²) in [6.07, 6.45) is 7.92. The quantitative estimate of drug-likeness (QED) is 0.326. The number of nitrogens with one attached hydrogen (secondary N) is 1. The number of hydrogen-bond acceptors (Lipinski definition) is 4. The molecule has 0 heterocycles. The second-order valence-corrected chi connectivity index (χ2v) is 10.8. The first-order valence-corrected chi connectivity index (χ1v) is 12.4. The lowest BCUT2D eigenvalue weighted by Crippen LogP contribution is -2.51. The number of aliphatic hydroxyl groups is 1. The number of allylic oxidation sites excluding steroid dienone is 3. The van der Waals surface area contributed by atoms with Crippen LogP contribution in [-0.2, 0) is 16.0 Å². The fourth-order valence-electron chi connectivity index (χ4n) is 6.62. The Kier molecular flexibility index (Phi) is 6.39. The Bertz CT molecular complexity index is 1020. The molecule has 4 heteroatoms. The molecule has 0 bridgehead atoms. The molecular formula is C29H37NO3. The first kappa shape index (κ1) is 23.5. The van der Waals surface area contributed by atoms with E-state index in [0.29, 0.717) is 30.5 Å². The highest BCUT2D eigenvalue weighted by molar-refractivity contribution is 6.48. The fourth-order valence-corrected chi connectivity index (χ4v) is 6.62. The van der Waals surface area contributed by atoms with E-state index in [1.54, 1.807) is 0 Å². The zero-order valence-electron chi connectivity index (χ0n) is 20.2. The lowest BCUT2D eigenvalue weighted by Gasteiger charge is -2.59. The van der Waals surface area contributed by atoms with Gasteiger partial charge < -0.3 is 10.4 Å². The van der Waals surface area contributed by atoms with Crippen LogP contribution >= 0.6 is 0 Å². The normalized spacial score (nSPS) is 32.5. The van der Waals surface area contributed by atoms with E-state index >= 15 is 0 Å². The number of Topliss-reactive ketones (excluding diaryl/α,β-unsaturated/α-hetero) is 1. The molecule has 1 aromatic carbocycles. The van der Waals surface area contributed by atoms with Crippen molar-refractivity contribution < 1.29 is 14.7 Å². The monoisotopic (exact) mass is 447 g/mol. The summed E-state index contributed by atoms with van der Waals surface area (Å²) < 4.78 is 0. The average Bonchev–Trinajstić information content (AvgIpc) is 2.80. The largest absolute Gasteiger partial charge is 0.505 e. The van der Waals surface area contributed by atoms with Crippen LogP contribution in [0.4, 0.5) is 0 Å². The standard InChI is InChI=1S/C29H37NO3/c1-19-9-8-12-25-28(19,3)15-13-20(2)29(25,4)18-22-26(32)23(17-24(31)27(22)33)30-16-14-21-10-6-5-7-11-21/h5-7,10-11,17,20,25,30,32H,1,8-9,12-16,18H2,2-4H3. The summed E-state index contributed by atoms with van der Waals surface area (Å²) in [6, 6.07) is 10.1. The molecule has 0 spiro atoms. The third-order valence-corrected chi connectivity index (χ3v) is 9.01. The summed E-state index contributed by atoms with van der Waals surface area (Å²) in [5.41, 5.74) is 3.02. The van der Waals surface area contributed by atoms with Crippen LogP contribution in [0, 0.1) is 22.7 Å². The van der Waals surface area contributed by atoms with Crippen LogP contribution in [0.1, 0.15) is 64.9 Å². The predicted octanol–water partition coefficient (Wildman–Crippen LogP) is 5.86. The summed E-state index contributed by atoms with van der Waals surface area (Å²) in [6.45, 7) is 11.8. The van der Waals surface area contributed by atoms with Crippen LogP contribution < -0.4 is 5.32 Å². The van der Waals surface area contributed by atoms with Gasteiger partial charge in [-0.25, -0.2) is 0 Å². The van der Waals surface area contributed by atoms with Crippen LogP contribution in [-0.4, -0.2) is 23.2 Å². The molecule has 4 nitrogen and oxygen atoms in total. The van der Waals surface area contributed by atoms with Crippen molar-refractivity contribution in [2.75, 3.05) is 6.54 Å². The van der Waals surface area contributed by atoms with E-state index in [1.807, 2.05) is 30.3 Å². The van der Waals surface area contributed by atoms with Gasteiger partial charge in [-0.15, -0.1) is 0 Å².